The first-order chi connectivity index (χ1) is 18.3. The van der Waals surface area contributed by atoms with Crippen molar-refractivity contribution < 1.29 is 22.7 Å². The fourth-order valence-electron chi connectivity index (χ4n) is 4.54. The van der Waals surface area contributed by atoms with Crippen LogP contribution in [0.3, 0.4) is 0 Å². The van der Waals surface area contributed by atoms with Gasteiger partial charge < -0.3 is 20.3 Å². The van der Waals surface area contributed by atoms with Crippen molar-refractivity contribution in [2.24, 2.45) is 5.92 Å². The molecular formula is C29H31ClF3N3O2. The molecule has 0 aromatic heterocycles. The molecular weight excluding hydrogens is 515 g/mol. The highest BCUT2D eigenvalue weighted by atomic mass is 35.5. The highest BCUT2D eigenvalue weighted by molar-refractivity contribution is 6.30. The molecule has 1 aliphatic heterocycles. The second-order valence-corrected chi connectivity index (χ2v) is 9.89. The standard InChI is InChI=1S/C29H31ClF3N3O2/c30-24-7-4-8-25(19-24)35-28(37)34-20-21-13-16-36(17-14-21)18-15-27(22-5-2-1-3-6-22)38-26-11-9-23(10-12-26)29(31,32)33/h1-12,19,21,27H,13-18,20H2,(H2,34,35,37). The number of amides is 2. The van der Waals surface area contributed by atoms with Crippen LogP contribution in [-0.4, -0.2) is 37.1 Å². The Labute approximate surface area is 225 Å². The first-order valence-corrected chi connectivity index (χ1v) is 13.1. The van der Waals surface area contributed by atoms with Gasteiger partial charge in [0, 0.05) is 30.2 Å². The first kappa shape index (κ1) is 27.8. The molecule has 9 heteroatoms. The number of piperidine rings is 1. The van der Waals surface area contributed by atoms with Gasteiger partial charge in [-0.1, -0.05) is 48.0 Å². The zero-order valence-corrected chi connectivity index (χ0v) is 21.6. The number of halogens is 4. The van der Waals surface area contributed by atoms with E-state index in [2.05, 4.69) is 15.5 Å². The minimum atomic E-state index is -4.38. The lowest BCUT2D eigenvalue weighted by Gasteiger charge is -2.33. The summed E-state index contributed by atoms with van der Waals surface area (Å²) in [6.45, 7) is 3.22. The molecule has 1 unspecified atom stereocenters. The Morgan fingerprint density at radius 3 is 2.37 bits per heavy atom. The topological polar surface area (TPSA) is 53.6 Å². The minimum absolute atomic E-state index is 0.249. The van der Waals surface area contributed by atoms with Gasteiger partial charge in [0.25, 0.3) is 0 Å². The summed E-state index contributed by atoms with van der Waals surface area (Å²) in [4.78, 5) is 14.6. The number of benzene rings is 3. The lowest BCUT2D eigenvalue weighted by Crippen LogP contribution is -2.40. The predicted molar refractivity (Wildman–Crippen MR) is 144 cm³/mol. The summed E-state index contributed by atoms with van der Waals surface area (Å²) in [5.74, 6) is 0.803. The summed E-state index contributed by atoms with van der Waals surface area (Å²) < 4.78 is 44.9. The number of alkyl halides is 3. The van der Waals surface area contributed by atoms with Crippen LogP contribution in [-0.2, 0) is 6.18 Å². The van der Waals surface area contributed by atoms with Crippen molar-refractivity contribution in [3.8, 4) is 5.75 Å². The zero-order valence-electron chi connectivity index (χ0n) is 20.9. The Kier molecular flexibility index (Phi) is 9.53. The second kappa shape index (κ2) is 13.0. The van der Waals surface area contributed by atoms with Crippen molar-refractivity contribution in [1.29, 1.82) is 0 Å². The fourth-order valence-corrected chi connectivity index (χ4v) is 4.73. The van der Waals surface area contributed by atoms with Crippen LogP contribution in [0.4, 0.5) is 23.7 Å². The smallest absolute Gasteiger partial charge is 0.416 e. The maximum Gasteiger partial charge on any atom is 0.416 e. The monoisotopic (exact) mass is 545 g/mol. The van der Waals surface area contributed by atoms with E-state index >= 15 is 0 Å². The van der Waals surface area contributed by atoms with Gasteiger partial charge in [-0.15, -0.1) is 0 Å². The summed E-state index contributed by atoms with van der Waals surface area (Å²) in [7, 11) is 0. The number of nitrogens with one attached hydrogen (secondary N) is 2. The van der Waals surface area contributed by atoms with E-state index in [1.54, 1.807) is 24.3 Å². The molecule has 2 amide bonds. The van der Waals surface area contributed by atoms with Crippen molar-refractivity contribution >= 4 is 23.3 Å². The minimum Gasteiger partial charge on any atom is -0.486 e. The van der Waals surface area contributed by atoms with Gasteiger partial charge in [-0.2, -0.15) is 13.2 Å². The average Bonchev–Trinajstić information content (AvgIpc) is 2.91. The third kappa shape index (κ3) is 8.39. The molecule has 1 atom stereocenters. The third-order valence-corrected chi connectivity index (χ3v) is 6.91. The van der Waals surface area contributed by atoms with Crippen LogP contribution in [0, 0.1) is 5.92 Å². The molecule has 202 valence electrons. The molecule has 0 saturated carbocycles. The molecule has 1 fully saturated rings. The number of hydrogen-bond donors (Lipinski definition) is 2. The number of ether oxygens (including phenoxy) is 1. The fraction of sp³-hybridized carbons (Fsp3) is 0.345. The van der Waals surface area contributed by atoms with E-state index in [1.165, 1.54) is 12.1 Å². The SMILES string of the molecule is O=C(NCC1CCN(CCC(Oc2ccc(C(F)(F)F)cc2)c2ccccc2)CC1)Nc1cccc(Cl)c1. The van der Waals surface area contributed by atoms with Gasteiger partial charge in [-0.05, 0) is 79.9 Å². The Bertz CT molecular complexity index is 1170. The van der Waals surface area contributed by atoms with Crippen LogP contribution >= 0.6 is 11.6 Å². The molecule has 3 aromatic carbocycles. The van der Waals surface area contributed by atoms with Gasteiger partial charge in [0.15, 0.2) is 0 Å². The molecule has 5 nitrogen and oxygen atoms in total. The van der Waals surface area contributed by atoms with Gasteiger partial charge in [0.1, 0.15) is 11.9 Å². The summed E-state index contributed by atoms with van der Waals surface area (Å²) in [6, 6.07) is 21.3. The van der Waals surface area contributed by atoms with E-state index in [1.807, 2.05) is 30.3 Å². The molecule has 1 heterocycles. The van der Waals surface area contributed by atoms with Gasteiger partial charge in [-0.25, -0.2) is 4.79 Å². The van der Waals surface area contributed by atoms with Crippen molar-refractivity contribution in [1.82, 2.24) is 10.2 Å². The van der Waals surface area contributed by atoms with Gasteiger partial charge in [0.2, 0.25) is 0 Å². The van der Waals surface area contributed by atoms with Crippen LogP contribution in [0.25, 0.3) is 0 Å². The van der Waals surface area contributed by atoms with E-state index in [4.69, 9.17) is 16.3 Å². The number of urea groups is 1. The average molecular weight is 546 g/mol. The quantitative estimate of drug-likeness (QED) is 0.294. The molecule has 0 spiro atoms. The second-order valence-electron chi connectivity index (χ2n) is 9.46. The molecule has 0 bridgehead atoms. The molecule has 0 radical (unpaired) electrons. The normalized spacial score (nSPS) is 15.6. The van der Waals surface area contributed by atoms with E-state index in [9.17, 15) is 18.0 Å². The predicted octanol–water partition coefficient (Wildman–Crippen LogP) is 7.40. The molecule has 38 heavy (non-hydrogen) atoms. The highest BCUT2D eigenvalue weighted by Gasteiger charge is 2.30. The lowest BCUT2D eigenvalue weighted by atomic mass is 9.96. The van der Waals surface area contributed by atoms with Crippen LogP contribution < -0.4 is 15.4 Å². The number of rotatable bonds is 9. The van der Waals surface area contributed by atoms with E-state index in [-0.39, 0.29) is 12.1 Å². The molecule has 2 N–H and O–H groups in total. The summed E-state index contributed by atoms with van der Waals surface area (Å²) in [5, 5.41) is 6.30. The number of anilines is 1. The molecule has 3 aromatic rings. The van der Waals surface area contributed by atoms with Crippen LogP contribution in [0.15, 0.2) is 78.9 Å². The van der Waals surface area contributed by atoms with Crippen molar-refractivity contribution in [3.05, 3.63) is 95.0 Å². The number of nitrogens with zero attached hydrogens (tertiary/aromatic N) is 1. The number of hydrogen-bond acceptors (Lipinski definition) is 3. The molecule has 0 aliphatic carbocycles. The number of carbonyl (C=O) groups is 1. The Hall–Kier alpha value is -3.23. The zero-order chi connectivity index (χ0) is 27.0. The molecule has 1 saturated heterocycles. The third-order valence-electron chi connectivity index (χ3n) is 6.68. The maximum atomic E-state index is 12.9. The van der Waals surface area contributed by atoms with Gasteiger partial charge in [0.05, 0.1) is 5.56 Å². The summed E-state index contributed by atoms with van der Waals surface area (Å²) in [6.07, 6.45) is -2.02. The van der Waals surface area contributed by atoms with Crippen molar-refractivity contribution in [2.45, 2.75) is 31.5 Å². The summed E-state index contributed by atoms with van der Waals surface area (Å²) >= 11 is 5.96. The van der Waals surface area contributed by atoms with Crippen molar-refractivity contribution in [2.75, 3.05) is 31.5 Å². The number of carbonyl (C=O) groups excluding carboxylic acids is 1. The van der Waals surface area contributed by atoms with Crippen LogP contribution in [0.5, 0.6) is 5.75 Å². The van der Waals surface area contributed by atoms with E-state index < -0.39 is 11.7 Å². The number of likely N-dealkylation sites (tertiary alicyclic amines) is 1. The Balaban J connectivity index is 1.24. The summed E-state index contributed by atoms with van der Waals surface area (Å²) in [5.41, 5.74) is 0.939. The van der Waals surface area contributed by atoms with Crippen LogP contribution in [0.2, 0.25) is 5.02 Å². The van der Waals surface area contributed by atoms with Gasteiger partial charge in [-0.3, -0.25) is 0 Å². The van der Waals surface area contributed by atoms with E-state index in [0.717, 1.165) is 50.2 Å². The van der Waals surface area contributed by atoms with Crippen LogP contribution in [0.1, 0.15) is 36.5 Å². The molecule has 1 aliphatic rings. The highest BCUT2D eigenvalue weighted by Crippen LogP contribution is 2.32. The van der Waals surface area contributed by atoms with E-state index in [0.29, 0.717) is 35.3 Å². The van der Waals surface area contributed by atoms with Crippen molar-refractivity contribution in [3.63, 3.8) is 0 Å². The Morgan fingerprint density at radius 1 is 1.00 bits per heavy atom. The Morgan fingerprint density at radius 2 is 1.71 bits per heavy atom. The lowest BCUT2D eigenvalue weighted by molar-refractivity contribution is -0.137. The molecule has 4 rings (SSSR count). The largest absolute Gasteiger partial charge is 0.486 e. The first-order valence-electron chi connectivity index (χ1n) is 12.7. The van der Waals surface area contributed by atoms with Gasteiger partial charge >= 0.3 is 12.2 Å². The maximum absolute atomic E-state index is 12.9.